The van der Waals surface area contributed by atoms with Crippen LogP contribution < -0.4 is 24.4 Å². The van der Waals surface area contributed by atoms with Crippen LogP contribution in [0, 0.1) is 0 Å². The molecule has 0 atom stereocenters. The molecule has 0 spiro atoms. The molecule has 0 fully saturated rings. The van der Waals surface area contributed by atoms with Gasteiger partial charge < -0.3 is 28.5 Å². The van der Waals surface area contributed by atoms with E-state index in [-0.39, 0.29) is 33.6 Å². The van der Waals surface area contributed by atoms with Crippen LogP contribution in [0.1, 0.15) is 0 Å². The second kappa shape index (κ2) is 6.87. The molecule has 1 heterocycles. The first-order valence-corrected chi connectivity index (χ1v) is 7.68. The SMILES string of the molecule is COc1ccc(-c2cc(=O)c3cc(OC)c(O)c(OC)c3o2)cc1OC. The lowest BCUT2D eigenvalue weighted by atomic mass is 10.1. The van der Waals surface area contributed by atoms with Crippen LogP contribution in [-0.2, 0) is 0 Å². The van der Waals surface area contributed by atoms with Gasteiger partial charge in [0.15, 0.2) is 28.3 Å². The first kappa shape index (κ1) is 17.5. The van der Waals surface area contributed by atoms with Crippen molar-refractivity contribution in [3.63, 3.8) is 0 Å². The van der Waals surface area contributed by atoms with Gasteiger partial charge in [-0.05, 0) is 24.3 Å². The number of phenolic OH excluding ortho intramolecular Hbond substituents is 1. The number of aromatic hydroxyl groups is 1. The summed E-state index contributed by atoms with van der Waals surface area (Å²) in [4.78, 5) is 12.6. The minimum Gasteiger partial charge on any atom is -0.502 e. The lowest BCUT2D eigenvalue weighted by Crippen LogP contribution is -2.03. The fourth-order valence-corrected chi connectivity index (χ4v) is 2.70. The van der Waals surface area contributed by atoms with Gasteiger partial charge in [-0.1, -0.05) is 0 Å². The van der Waals surface area contributed by atoms with Crippen molar-refractivity contribution in [2.75, 3.05) is 28.4 Å². The number of ether oxygens (including phenoxy) is 4. The Bertz CT molecular complexity index is 1020. The van der Waals surface area contributed by atoms with Crippen molar-refractivity contribution in [1.82, 2.24) is 0 Å². The summed E-state index contributed by atoms with van der Waals surface area (Å²) in [7, 11) is 5.82. The lowest BCUT2D eigenvalue weighted by Gasteiger charge is -2.12. The Labute approximate surface area is 149 Å². The van der Waals surface area contributed by atoms with E-state index in [0.717, 1.165) is 0 Å². The Balaban J connectivity index is 2.28. The summed E-state index contributed by atoms with van der Waals surface area (Å²) in [6.45, 7) is 0. The monoisotopic (exact) mass is 358 g/mol. The molecular weight excluding hydrogens is 340 g/mol. The highest BCUT2D eigenvalue weighted by molar-refractivity contribution is 5.89. The molecule has 7 heteroatoms. The van der Waals surface area contributed by atoms with Crippen molar-refractivity contribution in [3.05, 3.63) is 40.6 Å². The van der Waals surface area contributed by atoms with Crippen molar-refractivity contribution < 1.29 is 28.5 Å². The van der Waals surface area contributed by atoms with Gasteiger partial charge in [0, 0.05) is 11.6 Å². The van der Waals surface area contributed by atoms with Crippen molar-refractivity contribution in [3.8, 4) is 40.1 Å². The van der Waals surface area contributed by atoms with Gasteiger partial charge in [-0.25, -0.2) is 0 Å². The number of hydrogen-bond acceptors (Lipinski definition) is 7. The maximum atomic E-state index is 12.6. The molecule has 3 aromatic rings. The Kier molecular flexibility index (Phi) is 4.62. The Morgan fingerprint density at radius 1 is 0.846 bits per heavy atom. The third-order valence-electron chi connectivity index (χ3n) is 4.01. The highest BCUT2D eigenvalue weighted by atomic mass is 16.5. The van der Waals surface area contributed by atoms with E-state index in [1.165, 1.54) is 40.6 Å². The molecule has 26 heavy (non-hydrogen) atoms. The van der Waals surface area contributed by atoms with Crippen LogP contribution in [0.25, 0.3) is 22.3 Å². The van der Waals surface area contributed by atoms with E-state index in [0.29, 0.717) is 22.8 Å². The van der Waals surface area contributed by atoms with E-state index >= 15 is 0 Å². The van der Waals surface area contributed by atoms with E-state index in [1.807, 2.05) is 0 Å². The average Bonchev–Trinajstić information content (AvgIpc) is 2.66. The highest BCUT2D eigenvalue weighted by Crippen LogP contribution is 2.43. The number of hydrogen-bond donors (Lipinski definition) is 1. The van der Waals surface area contributed by atoms with Crippen LogP contribution >= 0.6 is 0 Å². The molecule has 136 valence electrons. The highest BCUT2D eigenvalue weighted by Gasteiger charge is 2.20. The van der Waals surface area contributed by atoms with Gasteiger partial charge >= 0.3 is 0 Å². The van der Waals surface area contributed by atoms with Crippen molar-refractivity contribution >= 4 is 11.0 Å². The maximum absolute atomic E-state index is 12.6. The predicted octanol–water partition coefficient (Wildman–Crippen LogP) is 3.20. The normalized spacial score (nSPS) is 10.6. The van der Waals surface area contributed by atoms with Gasteiger partial charge in [-0.15, -0.1) is 0 Å². The first-order valence-electron chi connectivity index (χ1n) is 7.68. The molecule has 0 unspecified atom stereocenters. The minimum atomic E-state index is -0.298. The van der Waals surface area contributed by atoms with Crippen molar-refractivity contribution in [2.45, 2.75) is 0 Å². The largest absolute Gasteiger partial charge is 0.502 e. The second-order valence-electron chi connectivity index (χ2n) is 5.38. The Morgan fingerprint density at radius 2 is 1.54 bits per heavy atom. The minimum absolute atomic E-state index is 0.0266. The molecule has 1 aromatic heterocycles. The Morgan fingerprint density at radius 3 is 2.15 bits per heavy atom. The molecule has 2 aromatic carbocycles. The number of methoxy groups -OCH3 is 4. The van der Waals surface area contributed by atoms with Gasteiger partial charge in [-0.3, -0.25) is 4.79 Å². The second-order valence-corrected chi connectivity index (χ2v) is 5.38. The first-order chi connectivity index (χ1) is 12.5. The molecular formula is C19H18O7. The summed E-state index contributed by atoms with van der Waals surface area (Å²) in [5.74, 6) is 1.26. The van der Waals surface area contributed by atoms with Crippen molar-refractivity contribution in [1.29, 1.82) is 0 Å². The summed E-state index contributed by atoms with van der Waals surface area (Å²) in [5, 5.41) is 10.5. The average molecular weight is 358 g/mol. The summed E-state index contributed by atoms with van der Waals surface area (Å²) < 4.78 is 26.7. The van der Waals surface area contributed by atoms with Crippen LogP contribution in [-0.4, -0.2) is 33.5 Å². The number of benzene rings is 2. The molecule has 7 nitrogen and oxygen atoms in total. The van der Waals surface area contributed by atoms with Crippen LogP contribution in [0.15, 0.2) is 39.5 Å². The molecule has 0 aliphatic heterocycles. The zero-order valence-electron chi connectivity index (χ0n) is 14.8. The molecule has 0 amide bonds. The third-order valence-corrected chi connectivity index (χ3v) is 4.01. The van der Waals surface area contributed by atoms with Crippen LogP contribution in [0.3, 0.4) is 0 Å². The van der Waals surface area contributed by atoms with E-state index in [2.05, 4.69) is 0 Å². The number of rotatable bonds is 5. The van der Waals surface area contributed by atoms with E-state index < -0.39 is 0 Å². The molecule has 0 saturated carbocycles. The fraction of sp³-hybridized carbons (Fsp3) is 0.211. The lowest BCUT2D eigenvalue weighted by molar-refractivity contribution is 0.339. The zero-order chi connectivity index (χ0) is 18.8. The molecule has 0 aliphatic rings. The summed E-state index contributed by atoms with van der Waals surface area (Å²) in [6, 6.07) is 7.91. The quantitative estimate of drug-likeness (QED) is 0.749. The molecule has 0 aliphatic carbocycles. The smallest absolute Gasteiger partial charge is 0.208 e. The molecule has 0 radical (unpaired) electrons. The molecule has 0 bridgehead atoms. The van der Waals surface area contributed by atoms with E-state index in [4.69, 9.17) is 23.4 Å². The van der Waals surface area contributed by atoms with Gasteiger partial charge in [-0.2, -0.15) is 0 Å². The fourth-order valence-electron chi connectivity index (χ4n) is 2.70. The van der Waals surface area contributed by atoms with Gasteiger partial charge in [0.25, 0.3) is 0 Å². The topological polar surface area (TPSA) is 87.4 Å². The summed E-state index contributed by atoms with van der Waals surface area (Å²) in [6.07, 6.45) is 0. The van der Waals surface area contributed by atoms with Gasteiger partial charge in [0.2, 0.25) is 11.5 Å². The van der Waals surface area contributed by atoms with Gasteiger partial charge in [0.1, 0.15) is 5.76 Å². The van der Waals surface area contributed by atoms with Gasteiger partial charge in [0.05, 0.1) is 33.8 Å². The molecule has 0 saturated heterocycles. The maximum Gasteiger partial charge on any atom is 0.208 e. The summed E-state index contributed by atoms with van der Waals surface area (Å²) >= 11 is 0. The molecule has 3 rings (SSSR count). The van der Waals surface area contributed by atoms with Crippen LogP contribution in [0.5, 0.6) is 28.7 Å². The zero-order valence-corrected chi connectivity index (χ0v) is 14.8. The van der Waals surface area contributed by atoms with E-state index in [9.17, 15) is 9.90 Å². The standard InChI is InChI=1S/C19H18O7/c1-22-13-6-5-10(7-15(13)23-2)14-9-12(20)11-8-16(24-3)17(21)19(25-4)18(11)26-14/h5-9,21H,1-4H3. The number of phenols is 1. The van der Waals surface area contributed by atoms with Crippen LogP contribution in [0.4, 0.5) is 0 Å². The summed E-state index contributed by atoms with van der Waals surface area (Å²) in [5.41, 5.74) is 0.440. The third kappa shape index (κ3) is 2.77. The van der Waals surface area contributed by atoms with E-state index in [1.54, 1.807) is 18.2 Å². The Hall–Kier alpha value is -3.35. The molecule has 1 N–H and O–H groups in total. The number of fused-ring (bicyclic) bond motifs is 1. The van der Waals surface area contributed by atoms with Crippen LogP contribution in [0.2, 0.25) is 0 Å². The van der Waals surface area contributed by atoms with Crippen molar-refractivity contribution in [2.24, 2.45) is 0 Å². The predicted molar refractivity (Wildman–Crippen MR) is 95.8 cm³/mol.